The van der Waals surface area contributed by atoms with Crippen LogP contribution in [-0.4, -0.2) is 50.3 Å². The van der Waals surface area contributed by atoms with Crippen molar-refractivity contribution in [1.82, 2.24) is 10.2 Å². The Kier molecular flexibility index (Phi) is 6.44. The summed E-state index contributed by atoms with van der Waals surface area (Å²) in [5, 5.41) is 5.08. The van der Waals surface area contributed by atoms with E-state index in [1.165, 1.54) is 10.4 Å². The summed E-state index contributed by atoms with van der Waals surface area (Å²) in [7, 11) is 0. The van der Waals surface area contributed by atoms with E-state index in [2.05, 4.69) is 27.7 Å². The van der Waals surface area contributed by atoms with Gasteiger partial charge in [-0.1, -0.05) is 23.8 Å². The van der Waals surface area contributed by atoms with Crippen LogP contribution in [0.1, 0.15) is 16.5 Å². The normalized spacial score (nSPS) is 16.4. The van der Waals surface area contributed by atoms with Crippen LogP contribution in [0.15, 0.2) is 41.8 Å². The molecule has 2 heterocycles. The summed E-state index contributed by atoms with van der Waals surface area (Å²) in [4.78, 5) is 15.8. The van der Waals surface area contributed by atoms with Crippen LogP contribution in [0.25, 0.3) is 0 Å². The van der Waals surface area contributed by atoms with E-state index in [0.29, 0.717) is 12.3 Å². The largest absolute Gasteiger partial charge is 0.484 e. The quantitative estimate of drug-likeness (QED) is 0.825. The maximum absolute atomic E-state index is 12.2. The first-order valence-electron chi connectivity index (χ1n) is 8.54. The van der Waals surface area contributed by atoms with E-state index >= 15 is 0 Å². The highest BCUT2D eigenvalue weighted by Gasteiger charge is 2.23. The number of nitrogens with one attached hydrogen (secondary N) is 1. The molecule has 0 radical (unpaired) electrons. The Morgan fingerprint density at radius 1 is 1.28 bits per heavy atom. The molecule has 134 valence electrons. The number of ether oxygens (including phenoxy) is 2. The third kappa shape index (κ3) is 5.29. The molecule has 0 spiro atoms. The number of benzene rings is 1. The summed E-state index contributed by atoms with van der Waals surface area (Å²) in [6.07, 6.45) is 0. The van der Waals surface area contributed by atoms with Gasteiger partial charge in [0.15, 0.2) is 6.61 Å². The third-order valence-electron chi connectivity index (χ3n) is 4.24. The van der Waals surface area contributed by atoms with Crippen LogP contribution in [-0.2, 0) is 9.53 Å². The van der Waals surface area contributed by atoms with Crippen molar-refractivity contribution in [3.05, 3.63) is 52.2 Å². The van der Waals surface area contributed by atoms with Gasteiger partial charge in [0.25, 0.3) is 5.91 Å². The predicted molar refractivity (Wildman–Crippen MR) is 99.1 cm³/mol. The van der Waals surface area contributed by atoms with Crippen molar-refractivity contribution >= 4 is 17.2 Å². The van der Waals surface area contributed by atoms with Crippen LogP contribution in [0.3, 0.4) is 0 Å². The number of morpholine rings is 1. The van der Waals surface area contributed by atoms with Gasteiger partial charge in [0.1, 0.15) is 5.75 Å². The zero-order chi connectivity index (χ0) is 17.5. The second-order valence-corrected chi connectivity index (χ2v) is 7.06. The van der Waals surface area contributed by atoms with Gasteiger partial charge in [-0.25, -0.2) is 0 Å². The number of thiophene rings is 1. The molecular weight excluding hydrogens is 336 g/mol. The molecule has 1 aromatic carbocycles. The summed E-state index contributed by atoms with van der Waals surface area (Å²) in [6.45, 7) is 5.89. The molecule has 5 nitrogen and oxygen atoms in total. The second kappa shape index (κ2) is 8.99. The molecule has 1 aromatic heterocycles. The Morgan fingerprint density at radius 3 is 2.72 bits per heavy atom. The summed E-state index contributed by atoms with van der Waals surface area (Å²) in [5.74, 6) is 0.610. The minimum absolute atomic E-state index is 0.0311. The highest BCUT2D eigenvalue weighted by Crippen LogP contribution is 2.25. The zero-order valence-corrected chi connectivity index (χ0v) is 15.3. The van der Waals surface area contributed by atoms with E-state index < -0.39 is 0 Å². The molecule has 3 rings (SSSR count). The van der Waals surface area contributed by atoms with Crippen molar-refractivity contribution in [2.45, 2.75) is 13.0 Å². The smallest absolute Gasteiger partial charge is 0.258 e. The number of aryl methyl sites for hydroxylation is 1. The maximum atomic E-state index is 12.2. The summed E-state index contributed by atoms with van der Waals surface area (Å²) < 4.78 is 11.0. The Hall–Kier alpha value is -1.89. The average molecular weight is 360 g/mol. The number of hydrogen-bond acceptors (Lipinski definition) is 5. The van der Waals surface area contributed by atoms with Crippen LogP contribution in [0, 0.1) is 6.92 Å². The van der Waals surface area contributed by atoms with Gasteiger partial charge in [0, 0.05) is 24.5 Å². The van der Waals surface area contributed by atoms with Crippen LogP contribution < -0.4 is 10.1 Å². The van der Waals surface area contributed by atoms with Gasteiger partial charge < -0.3 is 14.8 Å². The molecule has 6 heteroatoms. The summed E-state index contributed by atoms with van der Waals surface area (Å²) in [6, 6.07) is 12.1. The van der Waals surface area contributed by atoms with E-state index in [0.717, 1.165) is 26.3 Å². The van der Waals surface area contributed by atoms with Crippen molar-refractivity contribution in [3.8, 4) is 5.75 Å². The highest BCUT2D eigenvalue weighted by molar-refractivity contribution is 7.10. The van der Waals surface area contributed by atoms with Gasteiger partial charge in [0.2, 0.25) is 0 Å². The van der Waals surface area contributed by atoms with Crippen LogP contribution >= 0.6 is 11.3 Å². The highest BCUT2D eigenvalue weighted by atomic mass is 32.1. The second-order valence-electron chi connectivity index (χ2n) is 6.09. The van der Waals surface area contributed by atoms with Crippen molar-refractivity contribution in [2.24, 2.45) is 0 Å². The Morgan fingerprint density at radius 2 is 2.04 bits per heavy atom. The molecule has 1 fully saturated rings. The van der Waals surface area contributed by atoms with Gasteiger partial charge in [-0.05, 0) is 30.5 Å². The molecule has 1 aliphatic heterocycles. The van der Waals surface area contributed by atoms with Crippen molar-refractivity contribution in [3.63, 3.8) is 0 Å². The van der Waals surface area contributed by atoms with E-state index in [-0.39, 0.29) is 18.6 Å². The fourth-order valence-electron chi connectivity index (χ4n) is 2.82. The van der Waals surface area contributed by atoms with Crippen molar-refractivity contribution in [2.75, 3.05) is 39.5 Å². The molecule has 1 unspecified atom stereocenters. The molecule has 1 saturated heterocycles. The van der Waals surface area contributed by atoms with Crippen molar-refractivity contribution in [1.29, 1.82) is 0 Å². The molecule has 25 heavy (non-hydrogen) atoms. The first kappa shape index (κ1) is 17.9. The average Bonchev–Trinajstić information content (AvgIpc) is 3.17. The maximum Gasteiger partial charge on any atom is 0.258 e. The lowest BCUT2D eigenvalue weighted by Crippen LogP contribution is -2.44. The van der Waals surface area contributed by atoms with Crippen molar-refractivity contribution < 1.29 is 14.3 Å². The minimum atomic E-state index is -0.101. The number of amides is 1. The molecular formula is C19H24N2O3S. The molecule has 1 N–H and O–H groups in total. The van der Waals surface area contributed by atoms with Gasteiger partial charge in [-0.3, -0.25) is 9.69 Å². The number of rotatable bonds is 7. The minimum Gasteiger partial charge on any atom is -0.484 e. The van der Waals surface area contributed by atoms with E-state index in [1.807, 2.05) is 31.2 Å². The fourth-order valence-corrected chi connectivity index (χ4v) is 3.69. The lowest BCUT2D eigenvalue weighted by atomic mass is 10.2. The summed E-state index contributed by atoms with van der Waals surface area (Å²) >= 11 is 1.72. The zero-order valence-electron chi connectivity index (χ0n) is 14.4. The standard InChI is InChI=1S/C19H24N2O3S/c1-15-4-6-16(7-5-15)24-14-19(22)20-13-17(18-3-2-12-25-18)21-8-10-23-11-9-21/h2-7,12,17H,8-11,13-14H2,1H3,(H,20,22). The number of nitrogens with zero attached hydrogens (tertiary/aromatic N) is 1. The SMILES string of the molecule is Cc1ccc(OCC(=O)NCC(c2cccs2)N2CCOCC2)cc1. The van der Waals surface area contributed by atoms with Crippen LogP contribution in [0.2, 0.25) is 0 Å². The molecule has 0 bridgehead atoms. The topological polar surface area (TPSA) is 50.8 Å². The lowest BCUT2D eigenvalue weighted by Gasteiger charge is -2.34. The van der Waals surface area contributed by atoms with Crippen LogP contribution in [0.4, 0.5) is 0 Å². The number of carbonyl (C=O) groups excluding carboxylic acids is 1. The predicted octanol–water partition coefficient (Wildman–Crippen LogP) is 2.63. The Balaban J connectivity index is 1.51. The third-order valence-corrected chi connectivity index (χ3v) is 5.22. The number of carbonyl (C=O) groups is 1. The Labute approximate surface area is 152 Å². The van der Waals surface area contributed by atoms with Gasteiger partial charge in [-0.15, -0.1) is 11.3 Å². The molecule has 1 aliphatic rings. The van der Waals surface area contributed by atoms with Gasteiger partial charge in [0.05, 0.1) is 19.3 Å². The molecule has 1 amide bonds. The lowest BCUT2D eigenvalue weighted by molar-refractivity contribution is -0.123. The van der Waals surface area contributed by atoms with Gasteiger partial charge in [-0.2, -0.15) is 0 Å². The van der Waals surface area contributed by atoms with Crippen LogP contribution in [0.5, 0.6) is 5.75 Å². The van der Waals surface area contributed by atoms with E-state index in [4.69, 9.17) is 9.47 Å². The first-order chi connectivity index (χ1) is 12.2. The molecule has 1 atom stereocenters. The summed E-state index contributed by atoms with van der Waals surface area (Å²) in [5.41, 5.74) is 1.17. The Bertz CT molecular complexity index is 652. The van der Waals surface area contributed by atoms with Gasteiger partial charge >= 0.3 is 0 Å². The molecule has 2 aromatic rings. The molecule has 0 aliphatic carbocycles. The fraction of sp³-hybridized carbons (Fsp3) is 0.421. The van der Waals surface area contributed by atoms with E-state index in [1.54, 1.807) is 11.3 Å². The van der Waals surface area contributed by atoms with E-state index in [9.17, 15) is 4.79 Å². The monoisotopic (exact) mass is 360 g/mol. The molecule has 0 saturated carbocycles. The first-order valence-corrected chi connectivity index (χ1v) is 9.42. The number of hydrogen-bond donors (Lipinski definition) is 1.